The summed E-state index contributed by atoms with van der Waals surface area (Å²) in [5, 5.41) is 9.97. The highest BCUT2D eigenvalue weighted by atomic mass is 35.5. The van der Waals surface area contributed by atoms with Crippen molar-refractivity contribution >= 4 is 17.3 Å². The van der Waals surface area contributed by atoms with Crippen molar-refractivity contribution in [3.8, 4) is 0 Å². The molecule has 0 saturated heterocycles. The zero-order chi connectivity index (χ0) is 12.1. The minimum Gasteiger partial charge on any atom is -0.392 e. The maximum Gasteiger partial charge on any atom is 0.0702 e. The quantitative estimate of drug-likeness (QED) is 0.855. The van der Waals surface area contributed by atoms with Crippen LogP contribution in [0.1, 0.15) is 25.8 Å². The molecule has 0 radical (unpaired) electrons. The van der Waals surface area contributed by atoms with Crippen LogP contribution in [-0.2, 0) is 6.61 Å². The van der Waals surface area contributed by atoms with Gasteiger partial charge in [-0.15, -0.1) is 0 Å². The Balaban J connectivity index is 2.85. The smallest absolute Gasteiger partial charge is 0.0702 e. The summed E-state index contributed by atoms with van der Waals surface area (Å²) in [4.78, 5) is 2.18. The highest BCUT2D eigenvalue weighted by Crippen LogP contribution is 2.24. The molecule has 2 nitrogen and oxygen atoms in total. The van der Waals surface area contributed by atoms with Gasteiger partial charge in [-0.3, -0.25) is 0 Å². The van der Waals surface area contributed by atoms with E-state index in [0.29, 0.717) is 10.9 Å². The van der Waals surface area contributed by atoms with Gasteiger partial charge in [-0.25, -0.2) is 0 Å². The summed E-state index contributed by atoms with van der Waals surface area (Å²) in [6.07, 6.45) is 1.16. The summed E-state index contributed by atoms with van der Waals surface area (Å²) >= 11 is 5.90. The summed E-state index contributed by atoms with van der Waals surface area (Å²) in [7, 11) is 2.05. The van der Waals surface area contributed by atoms with Crippen LogP contribution in [0.15, 0.2) is 18.2 Å². The van der Waals surface area contributed by atoms with Gasteiger partial charge < -0.3 is 10.0 Å². The van der Waals surface area contributed by atoms with Gasteiger partial charge in [-0.1, -0.05) is 31.9 Å². The van der Waals surface area contributed by atoms with Gasteiger partial charge in [0, 0.05) is 29.9 Å². The first-order valence-corrected chi connectivity index (χ1v) is 6.06. The fraction of sp³-hybridized carbons (Fsp3) is 0.538. The molecule has 0 fully saturated rings. The summed E-state index contributed by atoms with van der Waals surface area (Å²) < 4.78 is 0. The molecule has 0 aromatic heterocycles. The third-order valence-corrected chi connectivity index (χ3v) is 3.14. The second kappa shape index (κ2) is 6.12. The molecule has 1 unspecified atom stereocenters. The second-order valence-corrected chi connectivity index (χ2v) is 4.76. The van der Waals surface area contributed by atoms with Crippen molar-refractivity contribution in [2.24, 2.45) is 5.92 Å². The molecule has 0 heterocycles. The third-order valence-electron chi connectivity index (χ3n) is 2.91. The molecule has 1 aromatic rings. The Labute approximate surface area is 103 Å². The molecule has 0 spiro atoms. The van der Waals surface area contributed by atoms with E-state index in [1.165, 1.54) is 0 Å². The number of hydrogen-bond donors (Lipinski definition) is 1. The average Bonchev–Trinajstić information content (AvgIpc) is 2.28. The first-order valence-electron chi connectivity index (χ1n) is 5.68. The molecule has 1 atom stereocenters. The van der Waals surface area contributed by atoms with Crippen molar-refractivity contribution in [1.82, 2.24) is 0 Å². The van der Waals surface area contributed by atoms with E-state index in [1.54, 1.807) is 0 Å². The Morgan fingerprint density at radius 3 is 2.69 bits per heavy atom. The van der Waals surface area contributed by atoms with E-state index in [0.717, 1.165) is 24.2 Å². The molecule has 1 N–H and O–H groups in total. The van der Waals surface area contributed by atoms with Crippen LogP contribution < -0.4 is 4.90 Å². The van der Waals surface area contributed by atoms with Gasteiger partial charge in [0.2, 0.25) is 0 Å². The first kappa shape index (κ1) is 13.3. The summed E-state index contributed by atoms with van der Waals surface area (Å²) in [6.45, 7) is 5.43. The predicted octanol–water partition coefficient (Wildman–Crippen LogP) is 3.31. The van der Waals surface area contributed by atoms with Crippen LogP contribution in [-0.4, -0.2) is 18.7 Å². The number of aliphatic hydroxyl groups excluding tert-OH is 1. The van der Waals surface area contributed by atoms with E-state index in [4.69, 9.17) is 11.6 Å². The zero-order valence-corrected chi connectivity index (χ0v) is 11.0. The van der Waals surface area contributed by atoms with Gasteiger partial charge >= 0.3 is 0 Å². The molecule has 90 valence electrons. The topological polar surface area (TPSA) is 23.5 Å². The molecule has 3 heteroatoms. The Hall–Kier alpha value is -0.730. The first-order chi connectivity index (χ1) is 7.58. The Kier molecular flexibility index (Phi) is 5.10. The maximum atomic E-state index is 9.30. The van der Waals surface area contributed by atoms with Gasteiger partial charge in [0.25, 0.3) is 0 Å². The molecule has 16 heavy (non-hydrogen) atoms. The minimum atomic E-state index is 0.0285. The number of aliphatic hydroxyl groups is 1. The van der Waals surface area contributed by atoms with Crippen molar-refractivity contribution in [3.05, 3.63) is 28.8 Å². The SMILES string of the molecule is CCC(C)CN(C)c1ccc(Cl)cc1CO. The molecule has 0 bridgehead atoms. The van der Waals surface area contributed by atoms with E-state index in [1.807, 2.05) is 18.2 Å². The number of halogens is 1. The number of rotatable bonds is 5. The normalized spacial score (nSPS) is 12.6. The van der Waals surface area contributed by atoms with Crippen LogP contribution in [0.5, 0.6) is 0 Å². The standard InChI is InChI=1S/C13H20ClNO/c1-4-10(2)8-15(3)13-6-5-12(14)7-11(13)9-16/h5-7,10,16H,4,8-9H2,1-3H3. The molecular weight excluding hydrogens is 222 g/mol. The molecule has 0 amide bonds. The molecule has 0 saturated carbocycles. The average molecular weight is 242 g/mol. The fourth-order valence-corrected chi connectivity index (χ4v) is 1.94. The van der Waals surface area contributed by atoms with Gasteiger partial charge in [0.15, 0.2) is 0 Å². The van der Waals surface area contributed by atoms with Crippen LogP contribution in [0.4, 0.5) is 5.69 Å². The van der Waals surface area contributed by atoms with Crippen LogP contribution in [0.2, 0.25) is 5.02 Å². The van der Waals surface area contributed by atoms with Gasteiger partial charge in [-0.05, 0) is 24.1 Å². The van der Waals surface area contributed by atoms with E-state index in [9.17, 15) is 5.11 Å². The molecule has 1 aromatic carbocycles. The predicted molar refractivity (Wildman–Crippen MR) is 70.1 cm³/mol. The highest BCUT2D eigenvalue weighted by Gasteiger charge is 2.09. The third kappa shape index (κ3) is 3.39. The van der Waals surface area contributed by atoms with Crippen molar-refractivity contribution in [3.63, 3.8) is 0 Å². The van der Waals surface area contributed by atoms with Gasteiger partial charge in [-0.2, -0.15) is 0 Å². The lowest BCUT2D eigenvalue weighted by atomic mass is 10.1. The van der Waals surface area contributed by atoms with E-state index < -0.39 is 0 Å². The zero-order valence-electron chi connectivity index (χ0n) is 10.2. The van der Waals surface area contributed by atoms with Crippen molar-refractivity contribution in [2.45, 2.75) is 26.9 Å². The monoisotopic (exact) mass is 241 g/mol. The van der Waals surface area contributed by atoms with Crippen LogP contribution in [0.25, 0.3) is 0 Å². The molecule has 0 aliphatic rings. The minimum absolute atomic E-state index is 0.0285. The second-order valence-electron chi connectivity index (χ2n) is 4.33. The molecule has 0 aliphatic heterocycles. The molecule has 1 rings (SSSR count). The van der Waals surface area contributed by atoms with Crippen molar-refractivity contribution in [1.29, 1.82) is 0 Å². The lowest BCUT2D eigenvalue weighted by Crippen LogP contribution is -2.24. The van der Waals surface area contributed by atoms with E-state index in [2.05, 4.69) is 25.8 Å². The van der Waals surface area contributed by atoms with Crippen LogP contribution >= 0.6 is 11.6 Å². The fourth-order valence-electron chi connectivity index (χ4n) is 1.75. The van der Waals surface area contributed by atoms with Crippen molar-refractivity contribution < 1.29 is 5.11 Å². The van der Waals surface area contributed by atoms with Gasteiger partial charge in [0.05, 0.1) is 6.61 Å². The largest absolute Gasteiger partial charge is 0.392 e. The maximum absolute atomic E-state index is 9.30. The Bertz CT molecular complexity index is 341. The Morgan fingerprint density at radius 1 is 1.44 bits per heavy atom. The number of nitrogens with zero attached hydrogens (tertiary/aromatic N) is 1. The highest BCUT2D eigenvalue weighted by molar-refractivity contribution is 6.30. The van der Waals surface area contributed by atoms with Crippen LogP contribution in [0.3, 0.4) is 0 Å². The molecule has 0 aliphatic carbocycles. The summed E-state index contributed by atoms with van der Waals surface area (Å²) in [6, 6.07) is 5.66. The van der Waals surface area contributed by atoms with E-state index >= 15 is 0 Å². The van der Waals surface area contributed by atoms with Crippen LogP contribution in [0, 0.1) is 5.92 Å². The van der Waals surface area contributed by atoms with Crippen molar-refractivity contribution in [2.75, 3.05) is 18.5 Å². The summed E-state index contributed by atoms with van der Waals surface area (Å²) in [5.74, 6) is 0.646. The number of anilines is 1. The number of benzene rings is 1. The Morgan fingerprint density at radius 2 is 2.12 bits per heavy atom. The lowest BCUT2D eigenvalue weighted by molar-refractivity contribution is 0.282. The lowest BCUT2D eigenvalue weighted by Gasteiger charge is -2.25. The summed E-state index contributed by atoms with van der Waals surface area (Å²) in [5.41, 5.74) is 1.95. The number of hydrogen-bond acceptors (Lipinski definition) is 2. The van der Waals surface area contributed by atoms with E-state index in [-0.39, 0.29) is 6.61 Å². The molecular formula is C13H20ClNO. The van der Waals surface area contributed by atoms with Gasteiger partial charge in [0.1, 0.15) is 0 Å².